The highest BCUT2D eigenvalue weighted by molar-refractivity contribution is 5.80. The molecule has 1 fully saturated rings. The van der Waals surface area contributed by atoms with Crippen molar-refractivity contribution >= 4 is 16.7 Å². The van der Waals surface area contributed by atoms with Crippen molar-refractivity contribution in [3.63, 3.8) is 0 Å². The van der Waals surface area contributed by atoms with Crippen molar-refractivity contribution in [1.29, 1.82) is 0 Å². The third kappa shape index (κ3) is 5.37. The van der Waals surface area contributed by atoms with E-state index in [9.17, 15) is 17.6 Å². The number of aromatic nitrogens is 6. The summed E-state index contributed by atoms with van der Waals surface area (Å²) >= 11 is 0. The number of halogens is 6. The lowest BCUT2D eigenvalue weighted by Crippen LogP contribution is -2.36. The number of aryl methyl sites for hydroxylation is 1. The molecule has 1 unspecified atom stereocenters. The van der Waals surface area contributed by atoms with Crippen molar-refractivity contribution < 1.29 is 40.6 Å². The second kappa shape index (κ2) is 9.98. The van der Waals surface area contributed by atoms with Gasteiger partial charge in [0.05, 0.1) is 50.3 Å². The normalized spacial score (nSPS) is 16.9. The summed E-state index contributed by atoms with van der Waals surface area (Å²) < 4.78 is 99.8. The first-order valence-corrected chi connectivity index (χ1v) is 11.7. The van der Waals surface area contributed by atoms with Crippen LogP contribution in [-0.2, 0) is 6.54 Å². The molecule has 4 aromatic rings. The number of methoxy groups -OCH3 is 2. The molecule has 1 aliphatic rings. The molecular weight excluding hydrogens is 548 g/mol. The van der Waals surface area contributed by atoms with Crippen LogP contribution in [0.15, 0.2) is 30.6 Å². The summed E-state index contributed by atoms with van der Waals surface area (Å²) in [5.41, 5.74) is 0.544. The molecule has 0 aliphatic carbocycles. The highest BCUT2D eigenvalue weighted by Gasteiger charge is 2.51. The number of anilines is 1. The van der Waals surface area contributed by atoms with E-state index in [0.29, 0.717) is 15.9 Å². The van der Waals surface area contributed by atoms with Crippen molar-refractivity contribution in [2.75, 3.05) is 32.2 Å². The average Bonchev–Trinajstić information content (AvgIpc) is 3.41. The number of alkyl halides is 5. The van der Waals surface area contributed by atoms with Crippen LogP contribution in [0, 0.1) is 12.7 Å². The molecule has 1 aromatic carbocycles. The topological polar surface area (TPSA) is 100 Å². The summed E-state index contributed by atoms with van der Waals surface area (Å²) in [4.78, 5) is 18.0. The van der Waals surface area contributed by atoms with Gasteiger partial charge in [0.1, 0.15) is 18.2 Å². The number of fused-ring (bicyclic) bond motifs is 1. The molecule has 3 aromatic heterocycles. The number of hydrogen-bond donors (Lipinski definition) is 0. The second-order valence-corrected chi connectivity index (χ2v) is 8.95. The molecule has 0 N–H and O–H groups in total. The van der Waals surface area contributed by atoms with E-state index in [2.05, 4.69) is 25.0 Å². The van der Waals surface area contributed by atoms with Gasteiger partial charge in [0.15, 0.2) is 17.7 Å². The SMILES string of the molecule is COc1ncc(-c2cc(N3CC(Oc4cc5c(cnn5CC(F)(F)F)cc4F)C(F)(F)C3)nc(C)n2)c(OC)n1. The number of nitrogens with zero attached hydrogens (tertiary/aromatic N) is 7. The molecule has 5 rings (SSSR count). The molecular formula is C24H21F6N7O3. The van der Waals surface area contributed by atoms with Crippen LogP contribution in [0.1, 0.15) is 5.82 Å². The van der Waals surface area contributed by atoms with Crippen LogP contribution < -0.4 is 19.1 Å². The van der Waals surface area contributed by atoms with Crippen LogP contribution in [0.2, 0.25) is 0 Å². The fraction of sp³-hybridized carbons (Fsp3) is 0.375. The summed E-state index contributed by atoms with van der Waals surface area (Å²) in [6.45, 7) is -1.09. The van der Waals surface area contributed by atoms with Crippen LogP contribution in [-0.4, -0.2) is 75.2 Å². The Morgan fingerprint density at radius 3 is 2.52 bits per heavy atom. The van der Waals surface area contributed by atoms with E-state index in [-0.39, 0.29) is 34.4 Å². The number of benzene rings is 1. The Kier molecular flexibility index (Phi) is 6.79. The molecule has 1 atom stereocenters. The molecule has 40 heavy (non-hydrogen) atoms. The molecule has 16 heteroatoms. The molecule has 1 aliphatic heterocycles. The Balaban J connectivity index is 1.43. The predicted molar refractivity (Wildman–Crippen MR) is 128 cm³/mol. The lowest BCUT2D eigenvalue weighted by atomic mass is 10.2. The highest BCUT2D eigenvalue weighted by Crippen LogP contribution is 2.37. The van der Waals surface area contributed by atoms with E-state index < -0.39 is 49.4 Å². The average molecular weight is 569 g/mol. The standard InChI is InChI=1S/C24H21F6N7O3/c1-12-33-16(14-8-31-22(39-3)35-21(14)38-2)5-20(34-12)36-9-19(23(26,27)10-36)40-18-6-17-13(4-15(18)25)7-32-37(17)11-24(28,29)30/h4-8,19H,9-11H2,1-3H3. The van der Waals surface area contributed by atoms with Gasteiger partial charge in [-0.05, 0) is 13.0 Å². The van der Waals surface area contributed by atoms with Crippen LogP contribution in [0.3, 0.4) is 0 Å². The Bertz CT molecular complexity index is 1560. The predicted octanol–water partition coefficient (Wildman–Crippen LogP) is 4.21. The Morgan fingerprint density at radius 2 is 1.82 bits per heavy atom. The van der Waals surface area contributed by atoms with Gasteiger partial charge in [-0.15, -0.1) is 0 Å². The summed E-state index contributed by atoms with van der Waals surface area (Å²) in [6, 6.07) is 3.32. The monoisotopic (exact) mass is 569 g/mol. The van der Waals surface area contributed by atoms with E-state index in [1.807, 2.05) is 0 Å². The maximum Gasteiger partial charge on any atom is 0.408 e. The lowest BCUT2D eigenvalue weighted by molar-refractivity contribution is -0.141. The van der Waals surface area contributed by atoms with Gasteiger partial charge in [0, 0.05) is 23.7 Å². The summed E-state index contributed by atoms with van der Waals surface area (Å²) in [5.74, 6) is -4.58. The molecule has 0 amide bonds. The van der Waals surface area contributed by atoms with Crippen LogP contribution in [0.5, 0.6) is 17.6 Å². The quantitative estimate of drug-likeness (QED) is 0.303. The molecule has 212 valence electrons. The molecule has 10 nitrogen and oxygen atoms in total. The number of hydrogen-bond acceptors (Lipinski definition) is 9. The third-order valence-corrected chi connectivity index (χ3v) is 6.08. The molecule has 0 spiro atoms. The van der Waals surface area contributed by atoms with Gasteiger partial charge in [0.25, 0.3) is 0 Å². The largest absolute Gasteiger partial charge is 0.480 e. The minimum absolute atomic E-state index is 0.0534. The van der Waals surface area contributed by atoms with Gasteiger partial charge in [-0.2, -0.15) is 23.3 Å². The number of rotatable bonds is 7. The van der Waals surface area contributed by atoms with Gasteiger partial charge in [-0.25, -0.2) is 28.1 Å². The van der Waals surface area contributed by atoms with Crippen LogP contribution >= 0.6 is 0 Å². The first-order valence-electron chi connectivity index (χ1n) is 11.7. The molecule has 0 radical (unpaired) electrons. The number of ether oxygens (including phenoxy) is 3. The Morgan fingerprint density at radius 1 is 1.05 bits per heavy atom. The molecule has 0 bridgehead atoms. The fourth-order valence-corrected chi connectivity index (χ4v) is 4.30. The smallest absolute Gasteiger partial charge is 0.408 e. The van der Waals surface area contributed by atoms with Gasteiger partial charge < -0.3 is 19.1 Å². The van der Waals surface area contributed by atoms with E-state index in [1.165, 1.54) is 31.4 Å². The van der Waals surface area contributed by atoms with Crippen molar-refractivity contribution in [2.24, 2.45) is 0 Å². The minimum Gasteiger partial charge on any atom is -0.480 e. The van der Waals surface area contributed by atoms with Gasteiger partial charge in [-0.3, -0.25) is 4.68 Å². The third-order valence-electron chi connectivity index (χ3n) is 6.08. The first-order chi connectivity index (χ1) is 18.9. The first kappa shape index (κ1) is 27.2. The van der Waals surface area contributed by atoms with Crippen molar-refractivity contribution in [3.05, 3.63) is 42.2 Å². The minimum atomic E-state index is -4.59. The van der Waals surface area contributed by atoms with Crippen molar-refractivity contribution in [3.8, 4) is 28.9 Å². The van der Waals surface area contributed by atoms with Gasteiger partial charge in [0.2, 0.25) is 5.88 Å². The molecule has 1 saturated heterocycles. The Hall–Kier alpha value is -4.37. The molecule has 4 heterocycles. The highest BCUT2D eigenvalue weighted by atomic mass is 19.4. The van der Waals surface area contributed by atoms with Gasteiger partial charge in [-0.1, -0.05) is 0 Å². The zero-order valence-corrected chi connectivity index (χ0v) is 21.2. The summed E-state index contributed by atoms with van der Waals surface area (Å²) in [6.07, 6.45) is -3.97. The Labute approximate surface area is 222 Å². The van der Waals surface area contributed by atoms with Crippen LogP contribution in [0.4, 0.5) is 32.2 Å². The maximum absolute atomic E-state index is 15.1. The summed E-state index contributed by atoms with van der Waals surface area (Å²) in [7, 11) is 2.77. The van der Waals surface area contributed by atoms with E-state index in [0.717, 1.165) is 18.3 Å². The zero-order valence-electron chi connectivity index (χ0n) is 21.2. The maximum atomic E-state index is 15.1. The lowest BCUT2D eigenvalue weighted by Gasteiger charge is -2.19. The molecule has 0 saturated carbocycles. The summed E-state index contributed by atoms with van der Waals surface area (Å²) in [5, 5.41) is 3.68. The van der Waals surface area contributed by atoms with E-state index >= 15 is 8.78 Å². The van der Waals surface area contributed by atoms with E-state index in [1.54, 1.807) is 6.92 Å². The second-order valence-electron chi connectivity index (χ2n) is 8.95. The van der Waals surface area contributed by atoms with E-state index in [4.69, 9.17) is 14.2 Å². The van der Waals surface area contributed by atoms with Gasteiger partial charge >= 0.3 is 18.1 Å². The fourth-order valence-electron chi connectivity index (χ4n) is 4.30. The van der Waals surface area contributed by atoms with Crippen molar-refractivity contribution in [1.82, 2.24) is 29.7 Å². The zero-order chi connectivity index (χ0) is 28.8. The van der Waals surface area contributed by atoms with Crippen LogP contribution in [0.25, 0.3) is 22.2 Å². The van der Waals surface area contributed by atoms with Crippen molar-refractivity contribution in [2.45, 2.75) is 31.7 Å².